The summed E-state index contributed by atoms with van der Waals surface area (Å²) in [7, 11) is 0. The lowest BCUT2D eigenvalue weighted by molar-refractivity contribution is -0.120. The fraction of sp³-hybridized carbons (Fsp3) is 0.875. The quantitative estimate of drug-likeness (QED) is 0.650. The zero-order chi connectivity index (χ0) is 10.3. The first kappa shape index (κ1) is 12.3. The summed E-state index contributed by atoms with van der Waals surface area (Å²) in [5, 5.41) is 4.96. The van der Waals surface area contributed by atoms with Gasteiger partial charge in [-0.1, -0.05) is 13.8 Å². The first-order valence-electron chi connectivity index (χ1n) is 4.28. The van der Waals surface area contributed by atoms with Crippen molar-refractivity contribution in [2.45, 2.75) is 20.3 Å². The van der Waals surface area contributed by atoms with Gasteiger partial charge in [0.2, 0.25) is 5.91 Å². The molecule has 2 N–H and O–H groups in total. The van der Waals surface area contributed by atoms with Gasteiger partial charge >= 0.3 is 0 Å². The number of nitrogens with one attached hydrogen (secondary N) is 2. The molecule has 0 aromatic rings. The molecule has 0 radical (unpaired) electrons. The van der Waals surface area contributed by atoms with Crippen molar-refractivity contribution >= 4 is 5.91 Å². The second kappa shape index (κ2) is 6.77. The molecule has 0 aromatic carbocycles. The number of carbonyl (C=O) groups excluding carboxylic acids is 1. The number of rotatable bonds is 6. The molecule has 0 unspecified atom stereocenters. The largest absolute Gasteiger partial charge is 0.355 e. The van der Waals surface area contributed by atoms with Gasteiger partial charge in [0.1, 0.15) is 0 Å². The summed E-state index contributed by atoms with van der Waals surface area (Å²) in [6.07, 6.45) is -2.40. The summed E-state index contributed by atoms with van der Waals surface area (Å²) in [4.78, 5) is 10.9. The molecule has 0 spiro atoms. The SMILES string of the molecule is CC(C)CNC(=O)CNCC(F)F. The summed E-state index contributed by atoms with van der Waals surface area (Å²) in [6.45, 7) is 4.03. The molecule has 1 amide bonds. The first-order valence-corrected chi connectivity index (χ1v) is 4.28. The van der Waals surface area contributed by atoms with Crippen LogP contribution >= 0.6 is 0 Å². The Bertz CT molecular complexity index is 151. The van der Waals surface area contributed by atoms with Crippen molar-refractivity contribution in [1.29, 1.82) is 0 Å². The molecule has 0 fully saturated rings. The van der Waals surface area contributed by atoms with Gasteiger partial charge in [-0.25, -0.2) is 8.78 Å². The van der Waals surface area contributed by atoms with Crippen LogP contribution < -0.4 is 10.6 Å². The molecule has 0 rings (SSSR count). The molecule has 0 bridgehead atoms. The minimum absolute atomic E-state index is 0.0446. The summed E-state index contributed by atoms with van der Waals surface area (Å²) >= 11 is 0. The molecule has 0 saturated carbocycles. The van der Waals surface area contributed by atoms with E-state index < -0.39 is 13.0 Å². The maximum absolute atomic E-state index is 11.6. The van der Waals surface area contributed by atoms with Gasteiger partial charge in [0.15, 0.2) is 0 Å². The van der Waals surface area contributed by atoms with Crippen LogP contribution in [0, 0.1) is 5.92 Å². The van der Waals surface area contributed by atoms with Gasteiger partial charge in [-0.15, -0.1) is 0 Å². The van der Waals surface area contributed by atoms with Crippen molar-refractivity contribution in [3.8, 4) is 0 Å². The Hall–Kier alpha value is -0.710. The van der Waals surface area contributed by atoms with E-state index >= 15 is 0 Å². The maximum Gasteiger partial charge on any atom is 0.250 e. The van der Waals surface area contributed by atoms with Crippen molar-refractivity contribution < 1.29 is 13.6 Å². The van der Waals surface area contributed by atoms with E-state index in [1.165, 1.54) is 0 Å². The second-order valence-corrected chi connectivity index (χ2v) is 3.22. The van der Waals surface area contributed by atoms with Crippen LogP contribution in [0.1, 0.15) is 13.8 Å². The highest BCUT2D eigenvalue weighted by atomic mass is 19.3. The number of hydrogen-bond donors (Lipinski definition) is 2. The topological polar surface area (TPSA) is 41.1 Å². The third-order valence-electron chi connectivity index (χ3n) is 1.29. The smallest absolute Gasteiger partial charge is 0.250 e. The molecule has 0 heterocycles. The summed E-state index contributed by atoms with van der Waals surface area (Å²) in [6, 6.07) is 0. The molecular formula is C8H16F2N2O. The lowest BCUT2D eigenvalue weighted by Crippen LogP contribution is -2.37. The van der Waals surface area contributed by atoms with Crippen LogP contribution in [-0.2, 0) is 4.79 Å². The van der Waals surface area contributed by atoms with Crippen LogP contribution in [0.25, 0.3) is 0 Å². The zero-order valence-electron chi connectivity index (χ0n) is 7.94. The zero-order valence-corrected chi connectivity index (χ0v) is 7.94. The van der Waals surface area contributed by atoms with Crippen molar-refractivity contribution in [2.75, 3.05) is 19.6 Å². The molecule has 0 atom stereocenters. The van der Waals surface area contributed by atoms with Crippen molar-refractivity contribution in [3.63, 3.8) is 0 Å². The highest BCUT2D eigenvalue weighted by Crippen LogP contribution is 1.88. The Balaban J connectivity index is 3.30. The fourth-order valence-electron chi connectivity index (χ4n) is 0.675. The standard InChI is InChI=1S/C8H16F2N2O/c1-6(2)3-12-8(13)5-11-4-7(9)10/h6-7,11H,3-5H2,1-2H3,(H,12,13). The molecule has 5 heteroatoms. The molecule has 0 aliphatic carbocycles. The molecule has 0 aliphatic heterocycles. The number of alkyl halides is 2. The maximum atomic E-state index is 11.6. The summed E-state index contributed by atoms with van der Waals surface area (Å²) in [5.41, 5.74) is 0. The Labute approximate surface area is 76.9 Å². The average Bonchev–Trinajstić information content (AvgIpc) is 2.00. The van der Waals surface area contributed by atoms with E-state index in [1.54, 1.807) is 0 Å². The molecular weight excluding hydrogens is 178 g/mol. The number of halogens is 2. The van der Waals surface area contributed by atoms with Gasteiger partial charge < -0.3 is 10.6 Å². The number of carbonyl (C=O) groups is 1. The van der Waals surface area contributed by atoms with E-state index in [2.05, 4.69) is 10.6 Å². The molecule has 78 valence electrons. The Morgan fingerprint density at radius 3 is 2.38 bits per heavy atom. The minimum atomic E-state index is -2.40. The highest BCUT2D eigenvalue weighted by molar-refractivity contribution is 5.77. The summed E-state index contributed by atoms with van der Waals surface area (Å²) < 4.78 is 23.2. The van der Waals surface area contributed by atoms with E-state index in [1.807, 2.05) is 13.8 Å². The Morgan fingerprint density at radius 2 is 1.92 bits per heavy atom. The number of amides is 1. The van der Waals surface area contributed by atoms with E-state index in [4.69, 9.17) is 0 Å². The van der Waals surface area contributed by atoms with Crippen LogP contribution in [0.5, 0.6) is 0 Å². The predicted molar refractivity (Wildman–Crippen MR) is 46.7 cm³/mol. The van der Waals surface area contributed by atoms with Gasteiger partial charge in [0.05, 0.1) is 13.1 Å². The predicted octanol–water partition coefficient (Wildman–Crippen LogP) is 0.613. The van der Waals surface area contributed by atoms with Crippen LogP contribution in [0.2, 0.25) is 0 Å². The molecule has 13 heavy (non-hydrogen) atoms. The van der Waals surface area contributed by atoms with Crippen LogP contribution in [-0.4, -0.2) is 32.0 Å². The van der Waals surface area contributed by atoms with E-state index in [-0.39, 0.29) is 12.5 Å². The van der Waals surface area contributed by atoms with Crippen molar-refractivity contribution in [2.24, 2.45) is 5.92 Å². The van der Waals surface area contributed by atoms with Gasteiger partial charge in [-0.3, -0.25) is 4.79 Å². The van der Waals surface area contributed by atoms with E-state index in [0.29, 0.717) is 12.5 Å². The summed E-state index contributed by atoms with van der Waals surface area (Å²) in [5.74, 6) is 0.133. The Morgan fingerprint density at radius 1 is 1.31 bits per heavy atom. The first-order chi connectivity index (χ1) is 6.02. The van der Waals surface area contributed by atoms with Gasteiger partial charge in [-0.2, -0.15) is 0 Å². The molecule has 0 aliphatic rings. The Kier molecular flexibility index (Phi) is 6.40. The van der Waals surface area contributed by atoms with E-state index in [0.717, 1.165) is 0 Å². The lowest BCUT2D eigenvalue weighted by atomic mass is 10.2. The van der Waals surface area contributed by atoms with Crippen LogP contribution in [0.3, 0.4) is 0 Å². The van der Waals surface area contributed by atoms with Gasteiger partial charge in [0.25, 0.3) is 6.43 Å². The van der Waals surface area contributed by atoms with Gasteiger partial charge in [0, 0.05) is 6.54 Å². The minimum Gasteiger partial charge on any atom is -0.355 e. The third-order valence-corrected chi connectivity index (χ3v) is 1.29. The van der Waals surface area contributed by atoms with E-state index in [9.17, 15) is 13.6 Å². The highest BCUT2D eigenvalue weighted by Gasteiger charge is 2.04. The molecule has 0 aromatic heterocycles. The number of hydrogen-bond acceptors (Lipinski definition) is 2. The van der Waals surface area contributed by atoms with Gasteiger partial charge in [-0.05, 0) is 5.92 Å². The lowest BCUT2D eigenvalue weighted by Gasteiger charge is -2.07. The monoisotopic (exact) mass is 194 g/mol. The van der Waals surface area contributed by atoms with Crippen molar-refractivity contribution in [3.05, 3.63) is 0 Å². The second-order valence-electron chi connectivity index (χ2n) is 3.22. The normalized spacial score (nSPS) is 10.9. The molecule has 0 saturated heterocycles. The van der Waals surface area contributed by atoms with Crippen LogP contribution in [0.4, 0.5) is 8.78 Å². The van der Waals surface area contributed by atoms with Crippen molar-refractivity contribution in [1.82, 2.24) is 10.6 Å². The third kappa shape index (κ3) is 9.20. The average molecular weight is 194 g/mol. The molecule has 3 nitrogen and oxygen atoms in total. The van der Waals surface area contributed by atoms with Crippen LogP contribution in [0.15, 0.2) is 0 Å². The fourth-order valence-corrected chi connectivity index (χ4v) is 0.675.